The van der Waals surface area contributed by atoms with Crippen LogP contribution in [0.15, 0.2) is 12.7 Å². The molecule has 0 aliphatic carbocycles. The second-order valence-corrected chi connectivity index (χ2v) is 7.58. The van der Waals surface area contributed by atoms with E-state index in [0.717, 1.165) is 13.0 Å². The van der Waals surface area contributed by atoms with Crippen molar-refractivity contribution < 1.29 is 9.53 Å². The second-order valence-electron chi connectivity index (χ2n) is 7.58. The fourth-order valence-electron chi connectivity index (χ4n) is 3.13. The number of amides is 1. The van der Waals surface area contributed by atoms with Gasteiger partial charge in [-0.1, -0.05) is 103 Å². The highest BCUT2D eigenvalue weighted by atomic mass is 16.5. The van der Waals surface area contributed by atoms with Crippen LogP contribution in [-0.4, -0.2) is 25.2 Å². The number of nitrogens with one attached hydrogen (secondary N) is 1. The molecule has 1 atom stereocenters. The molecule has 0 aliphatic heterocycles. The van der Waals surface area contributed by atoms with Gasteiger partial charge in [0.05, 0.1) is 6.10 Å². The second kappa shape index (κ2) is 20.5. The predicted octanol–water partition coefficient (Wildman–Crippen LogP) is 6.57. The Morgan fingerprint density at radius 3 is 1.69 bits per heavy atom. The zero-order valence-electron chi connectivity index (χ0n) is 17.7. The van der Waals surface area contributed by atoms with Crippen molar-refractivity contribution in [3.05, 3.63) is 12.7 Å². The van der Waals surface area contributed by atoms with Gasteiger partial charge in [-0.05, 0) is 19.4 Å². The fraction of sp³-hybridized carbons (Fsp3) is 0.870. The van der Waals surface area contributed by atoms with Crippen molar-refractivity contribution >= 4 is 5.91 Å². The number of rotatable bonds is 20. The minimum absolute atomic E-state index is 0.0746. The molecule has 0 aliphatic rings. The summed E-state index contributed by atoms with van der Waals surface area (Å²) in [5.74, 6) is -0.132. The largest absolute Gasteiger partial charge is 0.377 e. The van der Waals surface area contributed by atoms with Gasteiger partial charge in [0, 0.05) is 13.2 Å². The molecule has 154 valence electrons. The van der Waals surface area contributed by atoms with Crippen LogP contribution in [0.3, 0.4) is 0 Å². The van der Waals surface area contributed by atoms with Gasteiger partial charge in [0.1, 0.15) is 0 Å². The average molecular weight is 368 g/mol. The molecular weight excluding hydrogens is 322 g/mol. The lowest BCUT2D eigenvalue weighted by Gasteiger charge is -2.13. The van der Waals surface area contributed by atoms with E-state index in [9.17, 15) is 4.79 Å². The SMILES string of the molecule is C=CC(=O)NCC(C)OCCCCCCCCCCCCCCCCC. The Bertz CT molecular complexity index is 317. The van der Waals surface area contributed by atoms with E-state index in [0.29, 0.717) is 6.54 Å². The van der Waals surface area contributed by atoms with E-state index in [-0.39, 0.29) is 12.0 Å². The molecule has 1 amide bonds. The van der Waals surface area contributed by atoms with Crippen molar-refractivity contribution in [3.8, 4) is 0 Å². The lowest BCUT2D eigenvalue weighted by molar-refractivity contribution is -0.117. The summed E-state index contributed by atoms with van der Waals surface area (Å²) in [6.07, 6.45) is 22.1. The topological polar surface area (TPSA) is 38.3 Å². The van der Waals surface area contributed by atoms with Crippen LogP contribution in [0.25, 0.3) is 0 Å². The number of unbranched alkanes of at least 4 members (excludes halogenated alkanes) is 14. The van der Waals surface area contributed by atoms with Crippen LogP contribution in [-0.2, 0) is 9.53 Å². The summed E-state index contributed by atoms with van der Waals surface area (Å²) in [6.45, 7) is 9.06. The average Bonchev–Trinajstić information content (AvgIpc) is 2.65. The molecule has 0 bridgehead atoms. The first kappa shape index (κ1) is 25.2. The first-order chi connectivity index (χ1) is 12.7. The van der Waals surface area contributed by atoms with E-state index >= 15 is 0 Å². The minimum Gasteiger partial charge on any atom is -0.377 e. The third-order valence-electron chi connectivity index (χ3n) is 4.90. The van der Waals surface area contributed by atoms with Gasteiger partial charge in [-0.15, -0.1) is 0 Å². The maximum atomic E-state index is 11.1. The molecule has 0 rings (SSSR count). The van der Waals surface area contributed by atoms with Crippen LogP contribution >= 0.6 is 0 Å². The Morgan fingerprint density at radius 1 is 0.846 bits per heavy atom. The highest BCUT2D eigenvalue weighted by Crippen LogP contribution is 2.13. The Labute approximate surface area is 163 Å². The monoisotopic (exact) mass is 367 g/mol. The summed E-state index contributed by atoms with van der Waals surface area (Å²) in [5.41, 5.74) is 0. The van der Waals surface area contributed by atoms with Crippen molar-refractivity contribution in [1.29, 1.82) is 0 Å². The molecule has 0 heterocycles. The Balaban J connectivity index is 3.13. The van der Waals surface area contributed by atoms with Gasteiger partial charge in [0.2, 0.25) is 5.91 Å². The fourth-order valence-corrected chi connectivity index (χ4v) is 3.13. The summed E-state index contributed by atoms with van der Waals surface area (Å²) in [5, 5.41) is 2.75. The van der Waals surface area contributed by atoms with Gasteiger partial charge in [0.15, 0.2) is 0 Å². The number of ether oxygens (including phenoxy) is 1. The van der Waals surface area contributed by atoms with Gasteiger partial charge >= 0.3 is 0 Å². The normalized spacial score (nSPS) is 12.1. The highest BCUT2D eigenvalue weighted by molar-refractivity contribution is 5.86. The zero-order chi connectivity index (χ0) is 19.3. The molecule has 0 fully saturated rings. The van der Waals surface area contributed by atoms with Crippen molar-refractivity contribution in [2.45, 2.75) is 116 Å². The predicted molar refractivity (Wildman–Crippen MR) is 114 cm³/mol. The molecule has 3 heteroatoms. The summed E-state index contributed by atoms with van der Waals surface area (Å²) in [6, 6.07) is 0. The van der Waals surface area contributed by atoms with Crippen LogP contribution in [0.5, 0.6) is 0 Å². The summed E-state index contributed by atoms with van der Waals surface area (Å²) < 4.78 is 5.70. The lowest BCUT2D eigenvalue weighted by atomic mass is 10.0. The van der Waals surface area contributed by atoms with E-state index in [4.69, 9.17) is 4.74 Å². The quantitative estimate of drug-likeness (QED) is 0.195. The molecule has 0 saturated carbocycles. The van der Waals surface area contributed by atoms with Gasteiger partial charge in [-0.25, -0.2) is 0 Å². The van der Waals surface area contributed by atoms with Crippen LogP contribution in [0.4, 0.5) is 0 Å². The lowest BCUT2D eigenvalue weighted by Crippen LogP contribution is -2.30. The van der Waals surface area contributed by atoms with Crippen molar-refractivity contribution in [1.82, 2.24) is 5.32 Å². The molecule has 0 radical (unpaired) electrons. The molecule has 3 nitrogen and oxygen atoms in total. The molecule has 0 aromatic heterocycles. The van der Waals surface area contributed by atoms with E-state index in [1.165, 1.54) is 96.0 Å². The molecule has 26 heavy (non-hydrogen) atoms. The van der Waals surface area contributed by atoms with Crippen molar-refractivity contribution in [2.75, 3.05) is 13.2 Å². The van der Waals surface area contributed by atoms with Crippen LogP contribution in [0.2, 0.25) is 0 Å². The first-order valence-electron chi connectivity index (χ1n) is 11.2. The molecule has 0 spiro atoms. The van der Waals surface area contributed by atoms with Gasteiger partial charge in [-0.3, -0.25) is 4.79 Å². The minimum atomic E-state index is -0.132. The third kappa shape index (κ3) is 19.5. The van der Waals surface area contributed by atoms with E-state index in [1.54, 1.807) is 0 Å². The summed E-state index contributed by atoms with van der Waals surface area (Å²) in [7, 11) is 0. The number of carbonyl (C=O) groups excluding carboxylic acids is 1. The van der Waals surface area contributed by atoms with Gasteiger partial charge < -0.3 is 10.1 Å². The number of hydrogen-bond donors (Lipinski definition) is 1. The van der Waals surface area contributed by atoms with E-state index < -0.39 is 0 Å². The molecule has 0 aromatic rings. The summed E-state index contributed by atoms with van der Waals surface area (Å²) in [4.78, 5) is 11.1. The van der Waals surface area contributed by atoms with E-state index in [1.807, 2.05) is 6.92 Å². The Hall–Kier alpha value is -0.830. The van der Waals surface area contributed by atoms with Gasteiger partial charge in [0.25, 0.3) is 0 Å². The first-order valence-corrected chi connectivity index (χ1v) is 11.2. The molecule has 0 aromatic carbocycles. The third-order valence-corrected chi connectivity index (χ3v) is 4.90. The van der Waals surface area contributed by atoms with Crippen molar-refractivity contribution in [3.63, 3.8) is 0 Å². The maximum absolute atomic E-state index is 11.1. The zero-order valence-corrected chi connectivity index (χ0v) is 17.7. The number of hydrogen-bond acceptors (Lipinski definition) is 2. The maximum Gasteiger partial charge on any atom is 0.243 e. The molecule has 1 N–H and O–H groups in total. The van der Waals surface area contributed by atoms with Crippen LogP contribution in [0.1, 0.15) is 110 Å². The van der Waals surface area contributed by atoms with Crippen LogP contribution < -0.4 is 5.32 Å². The standard InChI is InChI=1S/C23H45NO2/c1-4-6-7-8-9-10-11-12-13-14-15-16-17-18-19-20-26-22(3)21-24-23(25)5-2/h5,22H,2,4,6-21H2,1,3H3,(H,24,25). The van der Waals surface area contributed by atoms with Crippen LogP contribution in [0, 0.1) is 0 Å². The molecule has 1 unspecified atom stereocenters. The smallest absolute Gasteiger partial charge is 0.243 e. The Kier molecular flexibility index (Phi) is 19.8. The van der Waals surface area contributed by atoms with Gasteiger partial charge in [-0.2, -0.15) is 0 Å². The Morgan fingerprint density at radius 2 is 1.27 bits per heavy atom. The van der Waals surface area contributed by atoms with Crippen molar-refractivity contribution in [2.24, 2.45) is 0 Å². The molecular formula is C23H45NO2. The molecule has 0 saturated heterocycles. The van der Waals surface area contributed by atoms with E-state index in [2.05, 4.69) is 18.8 Å². The highest BCUT2D eigenvalue weighted by Gasteiger charge is 2.03. The number of carbonyl (C=O) groups is 1. The summed E-state index contributed by atoms with van der Waals surface area (Å²) >= 11 is 0.